The van der Waals surface area contributed by atoms with Crippen LogP contribution in [0.15, 0.2) is 60.7 Å². The van der Waals surface area contributed by atoms with E-state index in [4.69, 9.17) is 14.2 Å². The fraction of sp³-hybridized carbons (Fsp3) is 0.261. The lowest BCUT2D eigenvalue weighted by atomic mass is 9.69. The summed E-state index contributed by atoms with van der Waals surface area (Å²) in [4.78, 5) is 23.7. The number of anilines is 1. The van der Waals surface area contributed by atoms with Gasteiger partial charge >= 0.3 is 6.01 Å². The first kappa shape index (κ1) is 19.2. The molecule has 8 nitrogen and oxygen atoms in total. The van der Waals surface area contributed by atoms with Gasteiger partial charge in [-0.1, -0.05) is 48.5 Å². The predicted molar refractivity (Wildman–Crippen MR) is 113 cm³/mol. The number of nitrogens with one attached hydrogen (secondary N) is 1. The van der Waals surface area contributed by atoms with Gasteiger partial charge in [0.1, 0.15) is 5.54 Å². The number of β-lactam (4-membered cyclic amide) rings is 1. The van der Waals surface area contributed by atoms with Crippen LogP contribution in [0.25, 0.3) is 0 Å². The minimum Gasteiger partial charge on any atom is -0.481 e. The Balaban J connectivity index is 1.67. The van der Waals surface area contributed by atoms with E-state index >= 15 is 0 Å². The Bertz CT molecular complexity index is 1100. The monoisotopic (exact) mass is 418 g/mol. The second-order valence-electron chi connectivity index (χ2n) is 7.33. The van der Waals surface area contributed by atoms with Crippen LogP contribution in [-0.4, -0.2) is 54.2 Å². The molecule has 1 saturated heterocycles. The number of fused-ring (bicyclic) bond motifs is 3. The first-order valence-corrected chi connectivity index (χ1v) is 10.0. The first-order valence-electron chi connectivity index (χ1n) is 10.0. The molecular weight excluding hydrogens is 396 g/mol. The van der Waals surface area contributed by atoms with Gasteiger partial charge in [0.25, 0.3) is 5.91 Å². The Morgan fingerprint density at radius 3 is 2.39 bits per heavy atom. The summed E-state index contributed by atoms with van der Waals surface area (Å²) in [7, 11) is 3.00. The second kappa shape index (κ2) is 7.46. The molecule has 1 amide bonds. The fourth-order valence-corrected chi connectivity index (χ4v) is 4.46. The van der Waals surface area contributed by atoms with Gasteiger partial charge in [-0.3, -0.25) is 4.79 Å². The summed E-state index contributed by atoms with van der Waals surface area (Å²) in [6, 6.07) is 19.5. The summed E-state index contributed by atoms with van der Waals surface area (Å²) >= 11 is 0. The van der Waals surface area contributed by atoms with Crippen LogP contribution in [0.2, 0.25) is 0 Å². The fourth-order valence-electron chi connectivity index (χ4n) is 4.46. The molecule has 2 atom stereocenters. The summed E-state index contributed by atoms with van der Waals surface area (Å²) in [6.45, 7) is 1.19. The van der Waals surface area contributed by atoms with Crippen molar-refractivity contribution >= 4 is 11.6 Å². The topological polar surface area (TPSA) is 85.8 Å². The Hall–Kier alpha value is -3.81. The Labute approximate surface area is 179 Å². The molecule has 1 fully saturated rings. The summed E-state index contributed by atoms with van der Waals surface area (Å²) in [6.07, 6.45) is -0.840. The molecule has 31 heavy (non-hydrogen) atoms. The van der Waals surface area contributed by atoms with E-state index < -0.39 is 11.6 Å². The van der Waals surface area contributed by atoms with Crippen molar-refractivity contribution in [3.8, 4) is 17.8 Å². The van der Waals surface area contributed by atoms with Crippen LogP contribution in [0, 0.1) is 0 Å². The number of aromatic nitrogens is 2. The number of ether oxygens (including phenoxy) is 3. The van der Waals surface area contributed by atoms with Gasteiger partial charge in [-0.15, -0.1) is 0 Å². The number of nitrogens with zero attached hydrogens (tertiary/aromatic N) is 3. The van der Waals surface area contributed by atoms with E-state index in [1.165, 1.54) is 14.2 Å². The van der Waals surface area contributed by atoms with Gasteiger partial charge in [0.15, 0.2) is 0 Å². The predicted octanol–water partition coefficient (Wildman–Crippen LogP) is 2.45. The van der Waals surface area contributed by atoms with E-state index in [-0.39, 0.29) is 11.9 Å². The number of rotatable bonds is 5. The molecule has 1 N–H and O–H groups in total. The van der Waals surface area contributed by atoms with Crippen molar-refractivity contribution in [3.63, 3.8) is 0 Å². The summed E-state index contributed by atoms with van der Waals surface area (Å²) < 4.78 is 16.7. The quantitative estimate of drug-likeness (QED) is 0.637. The van der Waals surface area contributed by atoms with Crippen LogP contribution in [0.1, 0.15) is 11.1 Å². The van der Waals surface area contributed by atoms with Crippen LogP contribution in [0.3, 0.4) is 0 Å². The molecular formula is C23H22N4O4. The molecule has 2 aromatic carbocycles. The van der Waals surface area contributed by atoms with E-state index in [0.29, 0.717) is 24.8 Å². The van der Waals surface area contributed by atoms with Crippen LogP contribution >= 0.6 is 0 Å². The zero-order valence-corrected chi connectivity index (χ0v) is 17.2. The highest BCUT2D eigenvalue weighted by Gasteiger charge is 2.65. The number of carbonyl (C=O) groups is 1. The molecule has 3 heterocycles. The molecule has 1 aromatic heterocycles. The average molecular weight is 418 g/mol. The maximum atomic E-state index is 13.3. The van der Waals surface area contributed by atoms with Gasteiger partial charge in [-0.2, -0.15) is 9.97 Å². The highest BCUT2D eigenvalue weighted by Crippen LogP contribution is 2.51. The third-order valence-corrected chi connectivity index (χ3v) is 5.80. The molecule has 5 rings (SSSR count). The largest absolute Gasteiger partial charge is 0.481 e. The van der Waals surface area contributed by atoms with Crippen molar-refractivity contribution in [1.82, 2.24) is 14.9 Å². The lowest BCUT2D eigenvalue weighted by molar-refractivity contribution is -0.176. The SMILES string of the molecule is COc1cc(OC)nc(OC2C(=O)N3CCNc4ccccc4C23c2ccccc2)n1. The highest BCUT2D eigenvalue weighted by atomic mass is 16.5. The molecule has 0 radical (unpaired) electrons. The third-order valence-electron chi connectivity index (χ3n) is 5.80. The standard InChI is InChI=1S/C23H22N4O4/c1-29-18-14-19(30-2)26-22(25-18)31-20-21(28)27-13-12-24-17-11-7-6-10-16(17)23(20,27)15-8-4-3-5-9-15/h3-11,14,20,24H,12-13H2,1-2H3. The Morgan fingerprint density at radius 1 is 1.00 bits per heavy atom. The molecule has 0 aliphatic carbocycles. The molecule has 0 saturated carbocycles. The number of amides is 1. The van der Waals surface area contributed by atoms with E-state index in [1.807, 2.05) is 59.5 Å². The zero-order valence-electron chi connectivity index (χ0n) is 17.2. The molecule has 2 unspecified atom stereocenters. The zero-order chi connectivity index (χ0) is 21.4. The summed E-state index contributed by atoms with van der Waals surface area (Å²) in [5.41, 5.74) is 2.10. The summed E-state index contributed by atoms with van der Waals surface area (Å²) in [5, 5.41) is 3.44. The van der Waals surface area contributed by atoms with E-state index in [1.54, 1.807) is 6.07 Å². The van der Waals surface area contributed by atoms with Crippen LogP contribution in [-0.2, 0) is 10.3 Å². The van der Waals surface area contributed by atoms with E-state index in [2.05, 4.69) is 15.3 Å². The first-order chi connectivity index (χ1) is 15.2. The van der Waals surface area contributed by atoms with Gasteiger partial charge < -0.3 is 24.4 Å². The Kier molecular flexibility index (Phi) is 4.62. The summed E-state index contributed by atoms with van der Waals surface area (Å²) in [5.74, 6) is 0.470. The number of benzene rings is 2. The van der Waals surface area contributed by atoms with Gasteiger partial charge in [-0.25, -0.2) is 0 Å². The van der Waals surface area contributed by atoms with Gasteiger partial charge in [0.05, 0.1) is 20.3 Å². The minimum atomic E-state index is -0.840. The van der Waals surface area contributed by atoms with Crippen LogP contribution < -0.4 is 19.5 Å². The normalized spacial score (nSPS) is 21.7. The number of para-hydroxylation sites is 1. The van der Waals surface area contributed by atoms with E-state index in [0.717, 1.165) is 16.8 Å². The van der Waals surface area contributed by atoms with Gasteiger partial charge in [-0.05, 0) is 11.6 Å². The third kappa shape index (κ3) is 2.86. The van der Waals surface area contributed by atoms with Crippen molar-refractivity contribution in [3.05, 3.63) is 71.8 Å². The van der Waals surface area contributed by atoms with Gasteiger partial charge in [0.2, 0.25) is 17.9 Å². The number of hydrogen-bond acceptors (Lipinski definition) is 7. The number of carbonyl (C=O) groups excluding carboxylic acids is 1. The van der Waals surface area contributed by atoms with Crippen LogP contribution in [0.4, 0.5) is 5.69 Å². The lowest BCUT2D eigenvalue weighted by Gasteiger charge is -2.56. The molecule has 158 valence electrons. The van der Waals surface area contributed by atoms with E-state index in [9.17, 15) is 4.79 Å². The van der Waals surface area contributed by atoms with Gasteiger partial charge in [0, 0.05) is 24.3 Å². The lowest BCUT2D eigenvalue weighted by Crippen LogP contribution is -2.74. The van der Waals surface area contributed by atoms with Crippen LogP contribution in [0.5, 0.6) is 17.8 Å². The molecule has 0 bridgehead atoms. The molecule has 2 aliphatic heterocycles. The van der Waals surface area contributed by atoms with Crippen molar-refractivity contribution in [2.45, 2.75) is 11.6 Å². The maximum absolute atomic E-state index is 13.3. The molecule has 0 spiro atoms. The van der Waals surface area contributed by atoms with Crippen molar-refractivity contribution < 1.29 is 19.0 Å². The molecule has 3 aromatic rings. The maximum Gasteiger partial charge on any atom is 0.323 e. The minimum absolute atomic E-state index is 0.0270. The molecule has 8 heteroatoms. The molecule has 2 aliphatic rings. The highest BCUT2D eigenvalue weighted by molar-refractivity contribution is 5.94. The van der Waals surface area contributed by atoms with Crippen molar-refractivity contribution in [1.29, 1.82) is 0 Å². The Morgan fingerprint density at radius 2 is 1.68 bits per heavy atom. The second-order valence-corrected chi connectivity index (χ2v) is 7.33. The number of methoxy groups -OCH3 is 2. The average Bonchev–Trinajstić information content (AvgIpc) is 2.98. The van der Waals surface area contributed by atoms with Crippen molar-refractivity contribution in [2.24, 2.45) is 0 Å². The smallest absolute Gasteiger partial charge is 0.323 e. The van der Waals surface area contributed by atoms with Crippen molar-refractivity contribution in [2.75, 3.05) is 32.6 Å². The number of hydrogen-bond donors (Lipinski definition) is 1.